The molecule has 2 N–H and O–H groups in total. The fraction of sp³-hybridized carbons (Fsp3) is 0.450. The van der Waals surface area contributed by atoms with E-state index in [1.165, 1.54) is 6.26 Å². The Morgan fingerprint density at radius 2 is 2.00 bits per heavy atom. The van der Waals surface area contributed by atoms with Crippen LogP contribution in [0.4, 0.5) is 0 Å². The van der Waals surface area contributed by atoms with E-state index in [1.54, 1.807) is 12.3 Å². The summed E-state index contributed by atoms with van der Waals surface area (Å²) in [7, 11) is -3.20. The summed E-state index contributed by atoms with van der Waals surface area (Å²) in [5, 5.41) is 6.65. The molecule has 0 aliphatic carbocycles. The summed E-state index contributed by atoms with van der Waals surface area (Å²) < 4.78 is 28.8. The highest BCUT2D eigenvalue weighted by Gasteiger charge is 2.11. The number of sulfone groups is 1. The zero-order chi connectivity index (χ0) is 19.9. The minimum atomic E-state index is -3.20. The van der Waals surface area contributed by atoms with Crippen molar-refractivity contribution in [2.24, 2.45) is 10.9 Å². The third-order valence-electron chi connectivity index (χ3n) is 3.98. The molecule has 148 valence electrons. The van der Waals surface area contributed by atoms with Crippen LogP contribution in [0.25, 0.3) is 0 Å². The van der Waals surface area contributed by atoms with Crippen molar-refractivity contribution >= 4 is 15.8 Å². The Morgan fingerprint density at radius 3 is 2.59 bits per heavy atom. The molecule has 0 aliphatic rings. The fourth-order valence-corrected chi connectivity index (χ4v) is 3.59. The molecule has 0 radical (unpaired) electrons. The van der Waals surface area contributed by atoms with Crippen LogP contribution in [0.3, 0.4) is 0 Å². The average molecular weight is 392 g/mol. The van der Waals surface area contributed by atoms with Crippen molar-refractivity contribution in [2.45, 2.75) is 38.6 Å². The van der Waals surface area contributed by atoms with E-state index in [1.807, 2.05) is 31.2 Å². The van der Waals surface area contributed by atoms with E-state index < -0.39 is 9.84 Å². The molecular formula is C20H29N3O3S. The number of guanidine groups is 1. The molecule has 1 heterocycles. The van der Waals surface area contributed by atoms with Gasteiger partial charge in [0.15, 0.2) is 15.8 Å². The first kappa shape index (κ1) is 21.0. The lowest BCUT2D eigenvalue weighted by atomic mass is 10.1. The number of hydrogen-bond donors (Lipinski definition) is 2. The molecule has 6 nitrogen and oxygen atoms in total. The Balaban J connectivity index is 2.02. The topological polar surface area (TPSA) is 83.7 Å². The average Bonchev–Trinajstić information content (AvgIpc) is 3.09. The molecule has 2 rings (SSSR count). The molecule has 0 spiro atoms. The number of nitrogens with zero attached hydrogens (tertiary/aromatic N) is 1. The number of benzene rings is 1. The van der Waals surface area contributed by atoms with Gasteiger partial charge in [0.25, 0.3) is 0 Å². The van der Waals surface area contributed by atoms with Crippen LogP contribution in [-0.2, 0) is 22.8 Å². The maximum absolute atomic E-state index is 11.7. The van der Waals surface area contributed by atoms with E-state index in [4.69, 9.17) is 4.42 Å². The zero-order valence-electron chi connectivity index (χ0n) is 16.5. The molecule has 0 bridgehead atoms. The Morgan fingerprint density at radius 1 is 1.22 bits per heavy atom. The van der Waals surface area contributed by atoms with E-state index in [2.05, 4.69) is 29.5 Å². The molecule has 0 amide bonds. The lowest BCUT2D eigenvalue weighted by molar-refractivity contribution is 0.506. The third-order valence-corrected chi connectivity index (χ3v) is 5.24. The normalized spacial score (nSPS) is 12.4. The molecule has 1 aromatic heterocycles. The van der Waals surface area contributed by atoms with Gasteiger partial charge in [-0.2, -0.15) is 0 Å². The predicted octanol–water partition coefficient (Wildman–Crippen LogP) is 2.93. The van der Waals surface area contributed by atoms with Crippen LogP contribution >= 0.6 is 0 Å². The Labute approximate surface area is 162 Å². The van der Waals surface area contributed by atoms with Crippen LogP contribution in [0.2, 0.25) is 0 Å². The van der Waals surface area contributed by atoms with Gasteiger partial charge in [-0.05, 0) is 42.2 Å². The summed E-state index contributed by atoms with van der Waals surface area (Å²) >= 11 is 0. The summed E-state index contributed by atoms with van der Waals surface area (Å²) in [5.74, 6) is 2.16. The lowest BCUT2D eigenvalue weighted by Crippen LogP contribution is -2.40. The number of rotatable bonds is 8. The van der Waals surface area contributed by atoms with E-state index in [-0.39, 0.29) is 0 Å². The van der Waals surface area contributed by atoms with Gasteiger partial charge in [0.2, 0.25) is 0 Å². The zero-order valence-corrected chi connectivity index (χ0v) is 17.3. The second-order valence-corrected chi connectivity index (χ2v) is 9.05. The fourth-order valence-electron chi connectivity index (χ4n) is 2.63. The van der Waals surface area contributed by atoms with Crippen molar-refractivity contribution < 1.29 is 12.8 Å². The Bertz CT molecular complexity index is 857. The van der Waals surface area contributed by atoms with E-state index >= 15 is 0 Å². The highest BCUT2D eigenvalue weighted by molar-refractivity contribution is 7.90. The van der Waals surface area contributed by atoms with Gasteiger partial charge >= 0.3 is 0 Å². The summed E-state index contributed by atoms with van der Waals surface area (Å²) in [5.41, 5.74) is 1.71. The van der Waals surface area contributed by atoms with Gasteiger partial charge in [0, 0.05) is 25.8 Å². The second kappa shape index (κ2) is 9.60. The first-order valence-corrected chi connectivity index (χ1v) is 11.0. The molecule has 0 saturated carbocycles. The minimum absolute atomic E-state index is 0.366. The molecule has 7 heteroatoms. The summed E-state index contributed by atoms with van der Waals surface area (Å²) in [6.07, 6.45) is 3.67. The van der Waals surface area contributed by atoms with Gasteiger partial charge in [-0.25, -0.2) is 13.4 Å². The van der Waals surface area contributed by atoms with Gasteiger partial charge in [-0.3, -0.25) is 0 Å². The number of aliphatic imine (C=N–C) groups is 1. The second-order valence-electron chi connectivity index (χ2n) is 7.07. The highest BCUT2D eigenvalue weighted by Crippen LogP contribution is 2.17. The first-order valence-electron chi connectivity index (χ1n) is 9.10. The van der Waals surface area contributed by atoms with Crippen LogP contribution in [0.15, 0.2) is 50.9 Å². The highest BCUT2D eigenvalue weighted by atomic mass is 32.2. The molecule has 0 saturated heterocycles. The van der Waals surface area contributed by atoms with Gasteiger partial charge < -0.3 is 15.1 Å². The van der Waals surface area contributed by atoms with Crippen molar-refractivity contribution in [3.05, 3.63) is 53.5 Å². The van der Waals surface area contributed by atoms with Crippen LogP contribution in [0.5, 0.6) is 0 Å². The van der Waals surface area contributed by atoms with Crippen LogP contribution in [0, 0.1) is 12.8 Å². The van der Waals surface area contributed by atoms with E-state index in [9.17, 15) is 8.42 Å². The molecule has 2 aromatic rings. The predicted molar refractivity (Wildman–Crippen MR) is 109 cm³/mol. The van der Waals surface area contributed by atoms with Crippen molar-refractivity contribution in [1.82, 2.24) is 10.6 Å². The van der Waals surface area contributed by atoms with Crippen LogP contribution in [0.1, 0.15) is 30.7 Å². The lowest BCUT2D eigenvalue weighted by Gasteiger charge is -2.14. The first-order chi connectivity index (χ1) is 12.8. The molecule has 0 atom stereocenters. The van der Waals surface area contributed by atoms with Gasteiger partial charge in [0.05, 0.1) is 17.7 Å². The Hall–Kier alpha value is -2.28. The monoisotopic (exact) mass is 391 g/mol. The molecule has 27 heavy (non-hydrogen) atoms. The summed E-state index contributed by atoms with van der Waals surface area (Å²) in [6.45, 7) is 8.09. The van der Waals surface area contributed by atoms with Crippen molar-refractivity contribution in [1.29, 1.82) is 0 Å². The number of furan rings is 1. The SMILES string of the molecule is Cc1cc(CN=C(NCCc2ccco2)NCC(C)C)ccc1S(C)(=O)=O. The van der Waals surface area contributed by atoms with Gasteiger partial charge in [-0.1, -0.05) is 26.0 Å². The molecule has 0 unspecified atom stereocenters. The number of aryl methyl sites for hydroxylation is 1. The van der Waals surface area contributed by atoms with Gasteiger partial charge in [-0.15, -0.1) is 0 Å². The third kappa shape index (κ3) is 7.09. The molecule has 0 fully saturated rings. The van der Waals surface area contributed by atoms with Gasteiger partial charge in [0.1, 0.15) is 5.76 Å². The smallest absolute Gasteiger partial charge is 0.191 e. The van der Waals surface area contributed by atoms with E-state index in [0.717, 1.165) is 35.8 Å². The van der Waals surface area contributed by atoms with Crippen molar-refractivity contribution in [2.75, 3.05) is 19.3 Å². The van der Waals surface area contributed by atoms with Crippen LogP contribution < -0.4 is 10.6 Å². The Kier molecular flexibility index (Phi) is 7.47. The largest absolute Gasteiger partial charge is 0.469 e. The van der Waals surface area contributed by atoms with Crippen LogP contribution in [-0.4, -0.2) is 33.7 Å². The maximum Gasteiger partial charge on any atom is 0.191 e. The maximum atomic E-state index is 11.7. The number of hydrogen-bond acceptors (Lipinski definition) is 4. The number of nitrogens with one attached hydrogen (secondary N) is 2. The standard InChI is InChI=1S/C20H29N3O3S/c1-15(2)13-22-20(21-10-9-18-6-5-11-26-18)23-14-17-7-8-19(16(3)12-17)27(4,24)25/h5-8,11-12,15H,9-10,13-14H2,1-4H3,(H2,21,22,23). The summed E-state index contributed by atoms with van der Waals surface area (Å²) in [6, 6.07) is 9.18. The van der Waals surface area contributed by atoms with Crippen molar-refractivity contribution in [3.63, 3.8) is 0 Å². The molecular weight excluding hydrogens is 362 g/mol. The van der Waals surface area contributed by atoms with Crippen molar-refractivity contribution in [3.8, 4) is 0 Å². The molecule has 0 aliphatic heterocycles. The minimum Gasteiger partial charge on any atom is -0.469 e. The molecule has 1 aromatic carbocycles. The summed E-state index contributed by atoms with van der Waals surface area (Å²) in [4.78, 5) is 5.00. The quantitative estimate of drug-likeness (QED) is 0.534. The van der Waals surface area contributed by atoms with E-state index in [0.29, 0.717) is 23.9 Å².